The number of hydrogen-bond acceptors (Lipinski definition) is 2. The van der Waals surface area contributed by atoms with Crippen LogP contribution in [0, 0.1) is 0 Å². The highest BCUT2D eigenvalue weighted by molar-refractivity contribution is 7.25. The zero-order chi connectivity index (χ0) is 38.0. The largest absolute Gasteiger partial charge is 0.310 e. The zero-order valence-electron chi connectivity index (χ0n) is 31.4. The predicted molar refractivity (Wildman–Crippen MR) is 245 cm³/mol. The summed E-state index contributed by atoms with van der Waals surface area (Å²) in [6, 6.07) is 76.6. The van der Waals surface area contributed by atoms with E-state index in [0.29, 0.717) is 0 Å². The van der Waals surface area contributed by atoms with Gasteiger partial charge in [-0.05, 0) is 105 Å². The lowest BCUT2D eigenvalue weighted by atomic mass is 9.65. The molecule has 270 valence electrons. The lowest BCUT2D eigenvalue weighted by molar-refractivity contribution is 0.748. The summed E-state index contributed by atoms with van der Waals surface area (Å²) in [5.74, 6) is 0. The lowest BCUT2D eigenvalue weighted by Gasteiger charge is -2.39. The number of aromatic nitrogens is 1. The molecule has 1 spiro atoms. The van der Waals surface area contributed by atoms with E-state index in [2.05, 4.69) is 216 Å². The molecule has 0 saturated heterocycles. The molecule has 3 heterocycles. The number of para-hydroxylation sites is 3. The summed E-state index contributed by atoms with van der Waals surface area (Å²) in [4.78, 5) is 2.40. The normalized spacial score (nSPS) is 13.3. The Hall–Kier alpha value is -7.20. The predicted octanol–water partition coefficient (Wildman–Crippen LogP) is 15.0. The zero-order valence-corrected chi connectivity index (χ0v) is 32.2. The van der Waals surface area contributed by atoms with Crippen molar-refractivity contribution in [3.8, 4) is 27.9 Å². The topological polar surface area (TPSA) is 8.17 Å². The van der Waals surface area contributed by atoms with Gasteiger partial charge in [-0.25, -0.2) is 0 Å². The van der Waals surface area contributed by atoms with E-state index in [1.807, 2.05) is 11.3 Å². The average molecular weight is 755 g/mol. The van der Waals surface area contributed by atoms with E-state index in [9.17, 15) is 0 Å². The quantitative estimate of drug-likeness (QED) is 0.174. The highest BCUT2D eigenvalue weighted by Crippen LogP contribution is 2.61. The van der Waals surface area contributed by atoms with Crippen molar-refractivity contribution < 1.29 is 0 Å². The lowest BCUT2D eigenvalue weighted by Crippen LogP contribution is -2.33. The highest BCUT2D eigenvalue weighted by Gasteiger charge is 2.50. The minimum atomic E-state index is -0.423. The number of fused-ring (bicyclic) bond motifs is 15. The highest BCUT2D eigenvalue weighted by atomic mass is 32.1. The average Bonchev–Trinajstić information content (AvgIpc) is 3.94. The standard InChI is InChI=1S/C55H34N2S/c1-2-14-36(15-3-1)56(37-30-28-35(29-31-37)39-19-13-27-52-53(39)43-18-6-11-26-51(43)58-52)38-32-33-49-44(34-38)42-20-12-24-48-54(42)57(49)50-25-10-9-23-47(50)55(48)45-21-7-4-16-40(45)41-17-5-8-22-46(41)55/h1-34H. The van der Waals surface area contributed by atoms with Gasteiger partial charge in [0.2, 0.25) is 0 Å². The van der Waals surface area contributed by atoms with Crippen LogP contribution in [0.5, 0.6) is 0 Å². The molecule has 0 radical (unpaired) electrons. The van der Waals surface area contributed by atoms with Crippen molar-refractivity contribution in [3.63, 3.8) is 0 Å². The first-order valence-electron chi connectivity index (χ1n) is 20.0. The Morgan fingerprint density at radius 1 is 0.397 bits per heavy atom. The van der Waals surface area contributed by atoms with E-state index in [-0.39, 0.29) is 0 Å². The molecule has 0 unspecified atom stereocenters. The fourth-order valence-corrected chi connectivity index (χ4v) is 11.7. The Labute approximate surface area is 340 Å². The fourth-order valence-electron chi connectivity index (χ4n) is 10.5. The van der Waals surface area contributed by atoms with E-state index in [1.54, 1.807) is 0 Å². The van der Waals surface area contributed by atoms with Gasteiger partial charge in [-0.3, -0.25) is 0 Å². The third kappa shape index (κ3) is 4.16. The summed E-state index contributed by atoms with van der Waals surface area (Å²) in [5, 5.41) is 5.17. The monoisotopic (exact) mass is 754 g/mol. The van der Waals surface area contributed by atoms with Crippen molar-refractivity contribution in [1.29, 1.82) is 0 Å². The van der Waals surface area contributed by atoms with Crippen LogP contribution in [0.25, 0.3) is 69.9 Å². The van der Waals surface area contributed by atoms with Crippen LogP contribution in [0.3, 0.4) is 0 Å². The van der Waals surface area contributed by atoms with E-state index < -0.39 is 5.41 Å². The van der Waals surface area contributed by atoms with Crippen LogP contribution in [0.4, 0.5) is 17.1 Å². The van der Waals surface area contributed by atoms with Crippen molar-refractivity contribution in [2.45, 2.75) is 5.41 Å². The van der Waals surface area contributed by atoms with Gasteiger partial charge in [0.05, 0.1) is 22.1 Å². The van der Waals surface area contributed by atoms with Crippen molar-refractivity contribution in [1.82, 2.24) is 4.57 Å². The van der Waals surface area contributed by atoms with Gasteiger partial charge < -0.3 is 9.47 Å². The molecule has 2 aromatic heterocycles. The number of benzene rings is 9. The molecule has 0 amide bonds. The number of hydrogen-bond donors (Lipinski definition) is 0. The molecule has 0 fully saturated rings. The van der Waals surface area contributed by atoms with E-state index >= 15 is 0 Å². The van der Waals surface area contributed by atoms with Gasteiger partial charge in [-0.2, -0.15) is 0 Å². The summed E-state index contributed by atoms with van der Waals surface area (Å²) < 4.78 is 5.18. The minimum Gasteiger partial charge on any atom is -0.310 e. The molecule has 0 saturated carbocycles. The maximum absolute atomic E-state index is 2.53. The molecule has 0 N–H and O–H groups in total. The number of thiophene rings is 1. The number of nitrogens with zero attached hydrogens (tertiary/aromatic N) is 2. The van der Waals surface area contributed by atoms with E-state index in [1.165, 1.54) is 92.2 Å². The molecule has 11 aromatic rings. The smallest absolute Gasteiger partial charge is 0.0754 e. The van der Waals surface area contributed by atoms with Gasteiger partial charge >= 0.3 is 0 Å². The second kappa shape index (κ2) is 11.9. The molecule has 2 nitrogen and oxygen atoms in total. The first-order valence-corrected chi connectivity index (χ1v) is 20.8. The van der Waals surface area contributed by atoms with Crippen LogP contribution in [0.1, 0.15) is 22.3 Å². The summed E-state index contributed by atoms with van der Waals surface area (Å²) in [6.45, 7) is 0. The Morgan fingerprint density at radius 2 is 0.983 bits per heavy atom. The first-order chi connectivity index (χ1) is 28.8. The van der Waals surface area contributed by atoms with Gasteiger partial charge in [0, 0.05) is 48.0 Å². The van der Waals surface area contributed by atoms with Crippen LogP contribution in [-0.2, 0) is 5.41 Å². The fraction of sp³-hybridized carbons (Fsp3) is 0.0182. The van der Waals surface area contributed by atoms with E-state index in [0.717, 1.165) is 17.1 Å². The van der Waals surface area contributed by atoms with Gasteiger partial charge in [-0.1, -0.05) is 146 Å². The molecule has 1 aliphatic carbocycles. The van der Waals surface area contributed by atoms with Crippen LogP contribution in [-0.4, -0.2) is 4.57 Å². The van der Waals surface area contributed by atoms with E-state index in [4.69, 9.17) is 0 Å². The molecule has 1 aliphatic heterocycles. The molecule has 9 aromatic carbocycles. The van der Waals surface area contributed by atoms with Gasteiger partial charge in [0.25, 0.3) is 0 Å². The Kier molecular flexibility index (Phi) is 6.56. The molecule has 2 aliphatic rings. The van der Waals surface area contributed by atoms with Crippen LogP contribution >= 0.6 is 11.3 Å². The number of anilines is 3. The molecule has 0 bridgehead atoms. The summed E-state index contributed by atoms with van der Waals surface area (Å²) >= 11 is 1.87. The minimum absolute atomic E-state index is 0.423. The van der Waals surface area contributed by atoms with Crippen molar-refractivity contribution in [2.24, 2.45) is 0 Å². The van der Waals surface area contributed by atoms with Crippen LogP contribution in [0.15, 0.2) is 206 Å². The van der Waals surface area contributed by atoms with Crippen LogP contribution in [0.2, 0.25) is 0 Å². The van der Waals surface area contributed by atoms with Crippen molar-refractivity contribution in [3.05, 3.63) is 229 Å². The Balaban J connectivity index is 1.02. The molecule has 3 heteroatoms. The second-order valence-corrected chi connectivity index (χ2v) is 16.7. The maximum Gasteiger partial charge on any atom is 0.0754 e. The molecular formula is C55H34N2S. The summed E-state index contributed by atoms with van der Waals surface area (Å²) in [5.41, 5.74) is 17.2. The van der Waals surface area contributed by atoms with Crippen LogP contribution < -0.4 is 4.90 Å². The SMILES string of the molecule is c1ccc(N(c2ccc(-c3cccc4sc5ccccc5c34)cc2)c2ccc3c(c2)c2cccc4c2n3-c2ccccc2C42c3ccccc3-c3ccccc32)cc1. The third-order valence-corrected chi connectivity index (χ3v) is 13.9. The number of rotatable bonds is 4. The van der Waals surface area contributed by atoms with Gasteiger partial charge in [0.1, 0.15) is 0 Å². The summed E-state index contributed by atoms with van der Waals surface area (Å²) in [6.07, 6.45) is 0. The Bertz CT molecular complexity index is 3420. The Morgan fingerprint density at radius 3 is 1.79 bits per heavy atom. The maximum atomic E-state index is 2.53. The van der Waals surface area contributed by atoms with Crippen molar-refractivity contribution >= 4 is 70.4 Å². The second-order valence-electron chi connectivity index (χ2n) is 15.6. The molecule has 58 heavy (non-hydrogen) atoms. The third-order valence-electron chi connectivity index (χ3n) is 12.8. The summed E-state index contributed by atoms with van der Waals surface area (Å²) in [7, 11) is 0. The van der Waals surface area contributed by atoms with Gasteiger partial charge in [0.15, 0.2) is 0 Å². The molecular weight excluding hydrogens is 721 g/mol. The van der Waals surface area contributed by atoms with Gasteiger partial charge in [-0.15, -0.1) is 11.3 Å². The molecule has 13 rings (SSSR count). The molecule has 0 atom stereocenters. The van der Waals surface area contributed by atoms with Crippen molar-refractivity contribution in [2.75, 3.05) is 4.90 Å². The first kappa shape index (κ1) is 31.9.